The number of benzene rings is 2. The lowest BCUT2D eigenvalue weighted by atomic mass is 9.79. The highest BCUT2D eigenvalue weighted by Gasteiger charge is 2.60. The summed E-state index contributed by atoms with van der Waals surface area (Å²) in [5, 5.41) is 23.8. The molecule has 51 heavy (non-hydrogen) atoms. The summed E-state index contributed by atoms with van der Waals surface area (Å²) in [6, 6.07) is 10.3. The molecule has 2 N–H and O–H groups in total. The first-order chi connectivity index (χ1) is 24.2. The summed E-state index contributed by atoms with van der Waals surface area (Å²) in [5.74, 6) is -3.37. The van der Waals surface area contributed by atoms with Crippen molar-refractivity contribution in [2.75, 3.05) is 25.6 Å². The van der Waals surface area contributed by atoms with Crippen molar-refractivity contribution < 1.29 is 48.2 Å². The predicted octanol–water partition coefficient (Wildman–Crippen LogP) is 4.10. The van der Waals surface area contributed by atoms with Crippen LogP contribution in [0.15, 0.2) is 59.1 Å². The van der Waals surface area contributed by atoms with E-state index >= 15 is 0 Å². The number of hydrogen-bond donors (Lipinski definition) is 2. The van der Waals surface area contributed by atoms with E-state index in [2.05, 4.69) is 5.32 Å². The Hall–Kier alpha value is -4.96. The van der Waals surface area contributed by atoms with Gasteiger partial charge in [0.2, 0.25) is 11.8 Å². The van der Waals surface area contributed by atoms with Crippen LogP contribution in [-0.4, -0.2) is 93.4 Å². The molecule has 2 aromatic carbocycles. The van der Waals surface area contributed by atoms with E-state index in [-0.39, 0.29) is 55.0 Å². The number of nitrogens with one attached hydrogen (secondary N) is 1. The number of likely N-dealkylation sites (tertiary alicyclic amines) is 1. The first-order valence-corrected chi connectivity index (χ1v) is 17.3. The standard InChI is InChI=1S/C35H40N4O11S/c1-18(2)16-50-35(45)37-15-25(14-26(37)31(41)36-23-8-6-7-22(13-23)33(43)48-5)51-30-19(3)28-27(20(4)40)32(42)38(28)29(30)34(44)49-17-21-9-11-24(12-10-21)39(46)47/h6-13,18-20,25-28,40H,14-17H2,1-5H3,(H,36,41)/t19-,20-,25+,26-,27-,28-/m1/s1. The molecular weight excluding hydrogens is 684 g/mol. The molecule has 3 amide bonds. The van der Waals surface area contributed by atoms with Crippen molar-refractivity contribution in [1.29, 1.82) is 0 Å². The largest absolute Gasteiger partial charge is 0.465 e. The molecule has 0 unspecified atom stereocenters. The van der Waals surface area contributed by atoms with Crippen LogP contribution in [0.1, 0.15) is 50.0 Å². The maximum atomic E-state index is 13.7. The maximum absolute atomic E-state index is 13.7. The van der Waals surface area contributed by atoms with Gasteiger partial charge in [0.25, 0.3) is 5.69 Å². The normalized spacial score (nSPS) is 23.0. The second-order valence-corrected chi connectivity index (χ2v) is 14.5. The van der Waals surface area contributed by atoms with Crippen molar-refractivity contribution in [3.8, 4) is 0 Å². The van der Waals surface area contributed by atoms with E-state index in [1.54, 1.807) is 18.2 Å². The lowest BCUT2D eigenvalue weighted by Crippen LogP contribution is -2.63. The molecule has 0 aliphatic carbocycles. The molecule has 2 saturated heterocycles. The van der Waals surface area contributed by atoms with E-state index in [0.29, 0.717) is 16.2 Å². The Kier molecular flexibility index (Phi) is 11.3. The predicted molar refractivity (Wildman–Crippen MR) is 184 cm³/mol. The quantitative estimate of drug-likeness (QED) is 0.105. The Labute approximate surface area is 298 Å². The number of β-lactam (4-membered cyclic amide) rings is 1. The number of anilines is 1. The molecule has 6 atom stereocenters. The number of nitro groups is 1. The van der Waals surface area contributed by atoms with Gasteiger partial charge in [-0.1, -0.05) is 26.8 Å². The van der Waals surface area contributed by atoms with Gasteiger partial charge in [-0.3, -0.25) is 24.6 Å². The van der Waals surface area contributed by atoms with Gasteiger partial charge in [-0.05, 0) is 55.2 Å². The van der Waals surface area contributed by atoms with Crippen LogP contribution < -0.4 is 5.32 Å². The third-order valence-electron chi connectivity index (χ3n) is 9.00. The third kappa shape index (κ3) is 7.86. The van der Waals surface area contributed by atoms with Gasteiger partial charge < -0.3 is 29.5 Å². The number of carbonyl (C=O) groups excluding carboxylic acids is 5. The third-order valence-corrected chi connectivity index (χ3v) is 10.5. The van der Waals surface area contributed by atoms with Gasteiger partial charge in [0.15, 0.2) is 0 Å². The van der Waals surface area contributed by atoms with Crippen molar-refractivity contribution in [2.45, 2.75) is 64.2 Å². The number of thioether (sulfide) groups is 1. The van der Waals surface area contributed by atoms with Gasteiger partial charge in [-0.2, -0.15) is 0 Å². The molecule has 0 saturated carbocycles. The molecule has 2 fully saturated rings. The monoisotopic (exact) mass is 724 g/mol. The number of nitrogens with zero attached hydrogens (tertiary/aromatic N) is 3. The molecule has 0 aromatic heterocycles. The highest BCUT2D eigenvalue weighted by Crippen LogP contribution is 2.52. The Morgan fingerprint density at radius 2 is 1.78 bits per heavy atom. The van der Waals surface area contributed by atoms with E-state index in [1.165, 1.54) is 65.9 Å². The van der Waals surface area contributed by atoms with Gasteiger partial charge in [-0.25, -0.2) is 14.4 Å². The minimum atomic E-state index is -0.970. The average molecular weight is 725 g/mol. The van der Waals surface area contributed by atoms with Crippen LogP contribution in [0.25, 0.3) is 0 Å². The first-order valence-electron chi connectivity index (χ1n) is 16.5. The number of fused-ring (bicyclic) bond motifs is 1. The molecule has 0 spiro atoms. The second kappa shape index (κ2) is 15.5. The number of non-ortho nitro benzene ring substituents is 1. The molecule has 3 aliphatic rings. The van der Waals surface area contributed by atoms with E-state index in [9.17, 15) is 39.2 Å². The molecule has 16 heteroatoms. The number of methoxy groups -OCH3 is 1. The number of ether oxygens (including phenoxy) is 3. The van der Waals surface area contributed by atoms with Crippen molar-refractivity contribution in [3.63, 3.8) is 0 Å². The number of esters is 2. The summed E-state index contributed by atoms with van der Waals surface area (Å²) in [4.78, 5) is 79.7. The highest BCUT2D eigenvalue weighted by molar-refractivity contribution is 8.03. The number of amides is 3. The van der Waals surface area contributed by atoms with Crippen molar-refractivity contribution in [3.05, 3.63) is 80.4 Å². The summed E-state index contributed by atoms with van der Waals surface area (Å²) < 4.78 is 15.9. The van der Waals surface area contributed by atoms with Crippen molar-refractivity contribution in [1.82, 2.24) is 9.80 Å². The zero-order valence-corrected chi connectivity index (χ0v) is 29.6. The Bertz CT molecular complexity index is 1740. The molecule has 5 rings (SSSR count). The zero-order chi connectivity index (χ0) is 37.1. The fourth-order valence-electron chi connectivity index (χ4n) is 6.50. The van der Waals surface area contributed by atoms with E-state index in [4.69, 9.17) is 14.2 Å². The van der Waals surface area contributed by atoms with Crippen molar-refractivity contribution in [2.24, 2.45) is 17.8 Å². The maximum Gasteiger partial charge on any atom is 0.410 e. The van der Waals surface area contributed by atoms with E-state index in [1.807, 2.05) is 20.8 Å². The SMILES string of the molecule is COC(=O)c1cccc(NC(=O)[C@H]2C[C@H](SC3=C(C(=O)OCc4ccc([N+](=O)[O-])cc4)N4C(=O)[C@H]([C@@H](C)O)[C@H]4[C@H]3C)CN2C(=O)OCC(C)C)c1. The van der Waals surface area contributed by atoms with Gasteiger partial charge in [0.05, 0.1) is 42.3 Å². The molecular formula is C35H40N4O11S. The van der Waals surface area contributed by atoms with Gasteiger partial charge in [-0.15, -0.1) is 11.8 Å². The first kappa shape index (κ1) is 37.3. The zero-order valence-electron chi connectivity index (χ0n) is 28.8. The van der Waals surface area contributed by atoms with Crippen LogP contribution in [-0.2, 0) is 35.2 Å². The fourth-order valence-corrected chi connectivity index (χ4v) is 8.02. The number of hydrogen-bond acceptors (Lipinski definition) is 12. The molecule has 3 heterocycles. The lowest BCUT2D eigenvalue weighted by Gasteiger charge is -2.46. The summed E-state index contributed by atoms with van der Waals surface area (Å²) >= 11 is 1.27. The number of aliphatic hydroxyl groups excluding tert-OH is 1. The molecule has 2 aromatic rings. The van der Waals surface area contributed by atoms with Gasteiger partial charge in [0.1, 0.15) is 18.3 Å². The average Bonchev–Trinajstić information content (AvgIpc) is 3.63. The number of nitro benzene ring substituents is 1. The van der Waals surface area contributed by atoms with Crippen LogP contribution in [0.3, 0.4) is 0 Å². The summed E-state index contributed by atoms with van der Waals surface area (Å²) in [6.45, 7) is 7.15. The van der Waals surface area contributed by atoms with Crippen LogP contribution in [0.2, 0.25) is 0 Å². The summed E-state index contributed by atoms with van der Waals surface area (Å²) in [6.07, 6.45) is -1.48. The highest BCUT2D eigenvalue weighted by atomic mass is 32.2. The van der Waals surface area contributed by atoms with Crippen LogP contribution in [0.4, 0.5) is 16.2 Å². The minimum absolute atomic E-state index is 0.0303. The number of aliphatic hydroxyl groups is 1. The van der Waals surface area contributed by atoms with Crippen LogP contribution in [0, 0.1) is 27.9 Å². The second-order valence-electron chi connectivity index (χ2n) is 13.1. The summed E-state index contributed by atoms with van der Waals surface area (Å²) in [7, 11) is 1.25. The Morgan fingerprint density at radius 1 is 1.08 bits per heavy atom. The fraction of sp³-hybridized carbons (Fsp3) is 0.457. The molecule has 272 valence electrons. The molecule has 15 nitrogen and oxygen atoms in total. The van der Waals surface area contributed by atoms with E-state index < -0.39 is 64.1 Å². The Morgan fingerprint density at radius 3 is 2.41 bits per heavy atom. The molecule has 0 radical (unpaired) electrons. The summed E-state index contributed by atoms with van der Waals surface area (Å²) in [5.41, 5.74) is 0.970. The topological polar surface area (TPSA) is 195 Å². The molecule has 3 aliphatic heterocycles. The number of rotatable bonds is 12. The lowest BCUT2D eigenvalue weighted by molar-refractivity contribution is -0.384. The van der Waals surface area contributed by atoms with Gasteiger partial charge >= 0.3 is 18.0 Å². The molecule has 0 bridgehead atoms. The Balaban J connectivity index is 1.40. The van der Waals surface area contributed by atoms with Crippen LogP contribution in [0.5, 0.6) is 0 Å². The van der Waals surface area contributed by atoms with Crippen LogP contribution >= 0.6 is 11.8 Å². The number of carbonyl (C=O) groups is 5. The van der Waals surface area contributed by atoms with E-state index in [0.717, 1.165) is 0 Å². The van der Waals surface area contributed by atoms with Gasteiger partial charge in [0, 0.05) is 40.4 Å². The van der Waals surface area contributed by atoms with Crippen molar-refractivity contribution >= 4 is 53.0 Å². The smallest absolute Gasteiger partial charge is 0.410 e. The minimum Gasteiger partial charge on any atom is -0.465 e.